The number of hydrogen-bond donors (Lipinski definition) is 1. The zero-order valence-corrected chi connectivity index (χ0v) is 16.9. The van der Waals surface area contributed by atoms with Crippen molar-refractivity contribution in [1.82, 2.24) is 4.98 Å². The van der Waals surface area contributed by atoms with Crippen molar-refractivity contribution in [3.05, 3.63) is 75.8 Å². The van der Waals surface area contributed by atoms with Crippen molar-refractivity contribution >= 4 is 28.7 Å². The Labute approximate surface area is 177 Å². The fraction of sp³-hybridized carbons (Fsp3) is 0.130. The van der Waals surface area contributed by atoms with Gasteiger partial charge in [-0.1, -0.05) is 17.7 Å². The molecule has 1 aromatic heterocycles. The SMILES string of the molecule is CCOc1cc([N+](=O)[O-])cc(C=Nc2ccc3oc(-c4ccc(C)cc4)nc3c2)c1O. The summed E-state index contributed by atoms with van der Waals surface area (Å²) < 4.78 is 11.1. The lowest BCUT2D eigenvalue weighted by Gasteiger charge is -2.07. The molecule has 1 N–H and O–H groups in total. The highest BCUT2D eigenvalue weighted by Gasteiger charge is 2.16. The fourth-order valence-electron chi connectivity index (χ4n) is 3.04. The average molecular weight is 417 g/mol. The van der Waals surface area contributed by atoms with Gasteiger partial charge in [-0.2, -0.15) is 0 Å². The summed E-state index contributed by atoms with van der Waals surface area (Å²) in [5.74, 6) is 0.335. The summed E-state index contributed by atoms with van der Waals surface area (Å²) in [5, 5.41) is 21.5. The molecule has 0 fully saturated rings. The van der Waals surface area contributed by atoms with Gasteiger partial charge in [-0.3, -0.25) is 15.1 Å². The van der Waals surface area contributed by atoms with E-state index >= 15 is 0 Å². The van der Waals surface area contributed by atoms with E-state index in [0.717, 1.165) is 11.1 Å². The van der Waals surface area contributed by atoms with Gasteiger partial charge in [0.05, 0.1) is 23.3 Å². The van der Waals surface area contributed by atoms with Gasteiger partial charge in [0.2, 0.25) is 5.89 Å². The van der Waals surface area contributed by atoms with E-state index in [4.69, 9.17) is 9.15 Å². The van der Waals surface area contributed by atoms with E-state index in [1.165, 1.54) is 18.3 Å². The molecule has 0 saturated heterocycles. The Hall–Kier alpha value is -4.20. The second-order valence-electron chi connectivity index (χ2n) is 6.87. The van der Waals surface area contributed by atoms with E-state index in [1.54, 1.807) is 25.1 Å². The molecule has 0 amide bonds. The Bertz CT molecular complexity index is 1290. The molecule has 0 unspecified atom stereocenters. The maximum Gasteiger partial charge on any atom is 0.274 e. The quantitative estimate of drug-likeness (QED) is 0.249. The molecule has 0 radical (unpaired) electrons. The molecule has 3 aromatic carbocycles. The molecular formula is C23H19N3O5. The van der Waals surface area contributed by atoms with Crippen molar-refractivity contribution < 1.29 is 19.2 Å². The highest BCUT2D eigenvalue weighted by atomic mass is 16.6. The number of hydrogen-bond acceptors (Lipinski definition) is 7. The highest BCUT2D eigenvalue weighted by Crippen LogP contribution is 2.34. The minimum atomic E-state index is -0.548. The van der Waals surface area contributed by atoms with Gasteiger partial charge in [-0.15, -0.1) is 0 Å². The number of aromatic hydroxyl groups is 1. The topological polar surface area (TPSA) is 111 Å². The van der Waals surface area contributed by atoms with Gasteiger partial charge in [0.1, 0.15) is 5.52 Å². The third-order valence-electron chi connectivity index (χ3n) is 4.62. The van der Waals surface area contributed by atoms with Crippen LogP contribution in [0.3, 0.4) is 0 Å². The average Bonchev–Trinajstić information content (AvgIpc) is 3.18. The molecule has 0 aliphatic heterocycles. The van der Waals surface area contributed by atoms with Crippen LogP contribution < -0.4 is 4.74 Å². The van der Waals surface area contributed by atoms with Crippen LogP contribution in [0.5, 0.6) is 11.5 Å². The Kier molecular flexibility index (Phi) is 5.36. The van der Waals surface area contributed by atoms with Gasteiger partial charge in [0, 0.05) is 23.4 Å². The van der Waals surface area contributed by atoms with E-state index in [1.807, 2.05) is 31.2 Å². The first-order chi connectivity index (χ1) is 14.9. The number of fused-ring (bicyclic) bond motifs is 1. The number of aryl methyl sites for hydroxylation is 1. The summed E-state index contributed by atoms with van der Waals surface area (Å²) in [6.45, 7) is 4.00. The Morgan fingerprint density at radius 1 is 1.19 bits per heavy atom. The molecular weight excluding hydrogens is 398 g/mol. The Morgan fingerprint density at radius 2 is 1.97 bits per heavy atom. The summed E-state index contributed by atoms with van der Waals surface area (Å²) in [4.78, 5) is 19.5. The summed E-state index contributed by atoms with van der Waals surface area (Å²) >= 11 is 0. The molecule has 8 heteroatoms. The normalized spacial score (nSPS) is 11.3. The molecule has 0 saturated carbocycles. The molecule has 156 valence electrons. The van der Waals surface area contributed by atoms with Crippen LogP contribution in [0, 0.1) is 17.0 Å². The highest BCUT2D eigenvalue weighted by molar-refractivity contribution is 5.89. The largest absolute Gasteiger partial charge is 0.504 e. The molecule has 1 heterocycles. The monoisotopic (exact) mass is 417 g/mol. The minimum absolute atomic E-state index is 0.0350. The number of benzene rings is 3. The van der Waals surface area contributed by atoms with Crippen LogP contribution in [-0.2, 0) is 0 Å². The number of non-ortho nitro benzene ring substituents is 1. The number of aromatic nitrogens is 1. The van der Waals surface area contributed by atoms with Crippen molar-refractivity contribution in [2.75, 3.05) is 6.61 Å². The summed E-state index contributed by atoms with van der Waals surface area (Å²) in [5.41, 5.74) is 3.80. The number of ether oxygens (including phenoxy) is 1. The number of phenolic OH excluding ortho intramolecular Hbond substituents is 1. The zero-order valence-electron chi connectivity index (χ0n) is 16.9. The number of aliphatic imine (C=N–C) groups is 1. The van der Waals surface area contributed by atoms with Gasteiger partial charge in [0.25, 0.3) is 5.69 Å². The van der Waals surface area contributed by atoms with E-state index in [2.05, 4.69) is 9.98 Å². The molecule has 0 bridgehead atoms. The van der Waals surface area contributed by atoms with Gasteiger partial charge in [-0.05, 0) is 44.2 Å². The third-order valence-corrected chi connectivity index (χ3v) is 4.62. The number of nitrogens with zero attached hydrogens (tertiary/aromatic N) is 3. The first-order valence-corrected chi connectivity index (χ1v) is 9.60. The number of nitro groups is 1. The van der Waals surface area contributed by atoms with E-state index in [0.29, 0.717) is 22.7 Å². The molecule has 8 nitrogen and oxygen atoms in total. The summed E-state index contributed by atoms with van der Waals surface area (Å²) in [6, 6.07) is 15.5. The van der Waals surface area contributed by atoms with Crippen molar-refractivity contribution in [1.29, 1.82) is 0 Å². The first-order valence-electron chi connectivity index (χ1n) is 9.60. The van der Waals surface area contributed by atoms with Crippen LogP contribution in [0.1, 0.15) is 18.1 Å². The van der Waals surface area contributed by atoms with Crippen molar-refractivity contribution in [2.24, 2.45) is 4.99 Å². The molecule has 0 spiro atoms. The zero-order chi connectivity index (χ0) is 22.0. The van der Waals surface area contributed by atoms with E-state index < -0.39 is 4.92 Å². The Morgan fingerprint density at radius 3 is 2.68 bits per heavy atom. The van der Waals surface area contributed by atoms with Crippen LogP contribution in [-0.4, -0.2) is 27.8 Å². The second kappa shape index (κ2) is 8.27. The molecule has 0 aliphatic carbocycles. The maximum atomic E-state index is 11.2. The van der Waals surface area contributed by atoms with Crippen LogP contribution in [0.25, 0.3) is 22.6 Å². The van der Waals surface area contributed by atoms with Gasteiger partial charge >= 0.3 is 0 Å². The molecule has 31 heavy (non-hydrogen) atoms. The predicted octanol–water partition coefficient (Wildman–Crippen LogP) is 5.57. The predicted molar refractivity (Wildman–Crippen MR) is 117 cm³/mol. The molecule has 0 atom stereocenters. The first kappa shape index (κ1) is 20.1. The summed E-state index contributed by atoms with van der Waals surface area (Å²) in [7, 11) is 0. The standard InChI is InChI=1S/C23H19N3O5/c1-3-30-21-12-18(26(28)29)10-16(22(21)27)13-24-17-8-9-20-19(11-17)25-23(31-20)15-6-4-14(2)5-7-15/h4-13,27H,3H2,1-2H3. The van der Waals surface area contributed by atoms with Crippen LogP contribution in [0.15, 0.2) is 64.0 Å². The van der Waals surface area contributed by atoms with Gasteiger partial charge in [-0.25, -0.2) is 4.98 Å². The van der Waals surface area contributed by atoms with Crippen LogP contribution in [0.2, 0.25) is 0 Å². The fourth-order valence-corrected chi connectivity index (χ4v) is 3.04. The van der Waals surface area contributed by atoms with Crippen molar-refractivity contribution in [2.45, 2.75) is 13.8 Å². The Balaban J connectivity index is 1.67. The molecule has 0 aliphatic rings. The lowest BCUT2D eigenvalue weighted by atomic mass is 10.1. The number of nitro benzene ring substituents is 1. The lowest BCUT2D eigenvalue weighted by Crippen LogP contribution is -1.97. The van der Waals surface area contributed by atoms with Crippen molar-refractivity contribution in [3.63, 3.8) is 0 Å². The van der Waals surface area contributed by atoms with E-state index in [9.17, 15) is 15.2 Å². The maximum absolute atomic E-state index is 11.2. The van der Waals surface area contributed by atoms with E-state index in [-0.39, 0.29) is 29.4 Å². The van der Waals surface area contributed by atoms with Gasteiger partial charge in [0.15, 0.2) is 17.1 Å². The third kappa shape index (κ3) is 4.23. The summed E-state index contributed by atoms with van der Waals surface area (Å²) in [6.07, 6.45) is 1.35. The van der Waals surface area contributed by atoms with Crippen molar-refractivity contribution in [3.8, 4) is 23.0 Å². The van der Waals surface area contributed by atoms with Crippen LogP contribution >= 0.6 is 0 Å². The smallest absolute Gasteiger partial charge is 0.274 e. The lowest BCUT2D eigenvalue weighted by molar-refractivity contribution is -0.385. The number of oxazole rings is 1. The number of phenols is 1. The number of rotatable bonds is 6. The molecule has 4 aromatic rings. The second-order valence-corrected chi connectivity index (χ2v) is 6.87. The van der Waals surface area contributed by atoms with Gasteiger partial charge < -0.3 is 14.3 Å². The molecule has 4 rings (SSSR count). The minimum Gasteiger partial charge on any atom is -0.504 e. The van der Waals surface area contributed by atoms with Crippen LogP contribution in [0.4, 0.5) is 11.4 Å².